The van der Waals surface area contributed by atoms with E-state index in [1.165, 1.54) is 16.2 Å². The molecule has 2 aliphatic rings. The van der Waals surface area contributed by atoms with Gasteiger partial charge in [0.25, 0.3) is 5.91 Å². The summed E-state index contributed by atoms with van der Waals surface area (Å²) in [6.45, 7) is 15.5. The van der Waals surface area contributed by atoms with Crippen molar-refractivity contribution in [2.45, 2.75) is 118 Å². The molecule has 0 spiro atoms. The zero-order valence-electron chi connectivity index (χ0n) is 29.0. The van der Waals surface area contributed by atoms with Crippen molar-refractivity contribution in [3.05, 3.63) is 22.4 Å². The number of thiophene rings is 1. The number of hydrogen-bond acceptors (Lipinski definition) is 8. The Labute approximate surface area is 282 Å². The summed E-state index contributed by atoms with van der Waals surface area (Å²) in [4.78, 5) is 80.6. The Morgan fingerprint density at radius 2 is 1.64 bits per heavy atom. The lowest BCUT2D eigenvalue weighted by molar-refractivity contribution is -0.148. The molecule has 12 nitrogen and oxygen atoms in total. The van der Waals surface area contributed by atoms with Gasteiger partial charge in [0.15, 0.2) is 0 Å². The second-order valence-corrected chi connectivity index (χ2v) is 16.4. The number of nitrogens with one attached hydrogen (secondary N) is 3. The molecule has 5 atom stereocenters. The van der Waals surface area contributed by atoms with Crippen LogP contribution in [0.15, 0.2) is 16.8 Å². The first kappa shape index (κ1) is 38.0. The van der Waals surface area contributed by atoms with Gasteiger partial charge in [0.2, 0.25) is 17.6 Å². The van der Waals surface area contributed by atoms with Crippen molar-refractivity contribution in [3.8, 4) is 0 Å². The number of esters is 1. The summed E-state index contributed by atoms with van der Waals surface area (Å²) >= 11 is 1.49. The summed E-state index contributed by atoms with van der Waals surface area (Å²) in [5.74, 6) is -3.48. The monoisotopic (exact) mass is 675 g/mol. The summed E-state index contributed by atoms with van der Waals surface area (Å²) in [7, 11) is 0. The zero-order valence-corrected chi connectivity index (χ0v) is 29.8. The molecule has 262 valence electrons. The summed E-state index contributed by atoms with van der Waals surface area (Å²) in [5, 5.41) is 12.0. The highest BCUT2D eigenvalue weighted by molar-refractivity contribution is 7.07. The molecule has 1 saturated carbocycles. The average molecular weight is 676 g/mol. The lowest BCUT2D eigenvalue weighted by atomic mass is 9.84. The van der Waals surface area contributed by atoms with Crippen LogP contribution in [0.4, 0.5) is 4.79 Å². The molecule has 1 saturated heterocycles. The first-order valence-electron chi connectivity index (χ1n) is 16.5. The second-order valence-electron chi connectivity index (χ2n) is 15.6. The van der Waals surface area contributed by atoms with Gasteiger partial charge in [-0.05, 0) is 64.7 Å². The van der Waals surface area contributed by atoms with Gasteiger partial charge in [0.05, 0.1) is 6.04 Å². The van der Waals surface area contributed by atoms with Crippen molar-refractivity contribution in [2.75, 3.05) is 6.54 Å². The summed E-state index contributed by atoms with van der Waals surface area (Å²) in [6, 6.07) is -2.85. The summed E-state index contributed by atoms with van der Waals surface area (Å²) in [5.41, 5.74) is 5.04. The molecule has 5 N–H and O–H groups in total. The molecule has 1 aliphatic carbocycles. The number of Topliss-reactive ketones (excluding diaryl/α,β-unsaturated/α-hetero) is 1. The van der Waals surface area contributed by atoms with E-state index in [0.717, 1.165) is 18.4 Å². The Hall–Kier alpha value is -3.48. The van der Waals surface area contributed by atoms with Crippen molar-refractivity contribution in [1.29, 1.82) is 0 Å². The topological polar surface area (TPSA) is 177 Å². The average Bonchev–Trinajstić information content (AvgIpc) is 3.41. The predicted octanol–water partition coefficient (Wildman–Crippen LogP) is 3.52. The number of ether oxygens (including phenoxy) is 1. The highest BCUT2D eigenvalue weighted by Crippen LogP contribution is 2.35. The third-order valence-electron chi connectivity index (χ3n) is 8.75. The SMILES string of the molecule is CC(C)[C@H]1CCN(C(=O)[C@@H](NC(=O)N[C@@H](CC(C)(C)C)C(=O)OCc2ccsc2)C(C)(C)C)[C@@H]1C(=O)NC(CC1CC1)C(=O)C(N)=O. The number of amides is 5. The lowest BCUT2D eigenvalue weighted by Crippen LogP contribution is -2.61. The molecule has 1 aromatic rings. The molecule has 1 unspecified atom stereocenters. The number of nitrogens with zero attached hydrogens (tertiary/aromatic N) is 1. The first-order valence-corrected chi connectivity index (χ1v) is 17.4. The van der Waals surface area contributed by atoms with Crippen LogP contribution >= 0.6 is 11.3 Å². The van der Waals surface area contributed by atoms with Crippen LogP contribution in [0.1, 0.15) is 93.1 Å². The third-order valence-corrected chi connectivity index (χ3v) is 9.48. The highest BCUT2D eigenvalue weighted by Gasteiger charge is 2.48. The number of carbonyl (C=O) groups is 6. The van der Waals surface area contributed by atoms with E-state index in [2.05, 4.69) is 16.0 Å². The number of ketones is 1. The summed E-state index contributed by atoms with van der Waals surface area (Å²) in [6.07, 6.45) is 2.98. The van der Waals surface area contributed by atoms with Crippen LogP contribution in [-0.2, 0) is 35.3 Å². The second kappa shape index (κ2) is 15.6. The van der Waals surface area contributed by atoms with Crippen molar-refractivity contribution < 1.29 is 33.5 Å². The van der Waals surface area contributed by atoms with Gasteiger partial charge in [-0.2, -0.15) is 11.3 Å². The number of nitrogens with two attached hydrogens (primary N) is 1. The molecule has 1 aromatic heterocycles. The first-order chi connectivity index (χ1) is 21.8. The summed E-state index contributed by atoms with van der Waals surface area (Å²) < 4.78 is 5.51. The minimum absolute atomic E-state index is 0.0277. The lowest BCUT2D eigenvalue weighted by Gasteiger charge is -2.37. The van der Waals surface area contributed by atoms with E-state index in [9.17, 15) is 28.8 Å². The molecular formula is C34H53N5O7S. The van der Waals surface area contributed by atoms with Gasteiger partial charge in [-0.1, -0.05) is 68.2 Å². The smallest absolute Gasteiger partial charge is 0.329 e. The molecule has 2 fully saturated rings. The highest BCUT2D eigenvalue weighted by atomic mass is 32.1. The molecule has 47 heavy (non-hydrogen) atoms. The predicted molar refractivity (Wildman–Crippen MR) is 179 cm³/mol. The van der Waals surface area contributed by atoms with Crippen LogP contribution < -0.4 is 21.7 Å². The number of carbonyl (C=O) groups excluding carboxylic acids is 6. The van der Waals surface area contributed by atoms with E-state index in [0.29, 0.717) is 19.3 Å². The number of hydrogen-bond donors (Lipinski definition) is 4. The van der Waals surface area contributed by atoms with Crippen LogP contribution in [0.25, 0.3) is 0 Å². The Bertz CT molecular complexity index is 1300. The minimum atomic E-state index is -1.11. The van der Waals surface area contributed by atoms with Crippen LogP contribution in [0, 0.1) is 28.6 Å². The molecule has 0 aromatic carbocycles. The largest absolute Gasteiger partial charge is 0.459 e. The van der Waals surface area contributed by atoms with Gasteiger partial charge in [0.1, 0.15) is 24.7 Å². The molecule has 2 heterocycles. The zero-order chi connectivity index (χ0) is 35.3. The van der Waals surface area contributed by atoms with Crippen LogP contribution in [0.5, 0.6) is 0 Å². The fourth-order valence-electron chi connectivity index (χ4n) is 6.03. The van der Waals surface area contributed by atoms with Gasteiger partial charge in [-0.25, -0.2) is 9.59 Å². The minimum Gasteiger partial charge on any atom is -0.459 e. The number of likely N-dealkylation sites (tertiary alicyclic amines) is 1. The van der Waals surface area contributed by atoms with Gasteiger partial charge in [-0.3, -0.25) is 19.2 Å². The maximum absolute atomic E-state index is 14.3. The van der Waals surface area contributed by atoms with E-state index in [1.807, 2.05) is 51.4 Å². The Morgan fingerprint density at radius 3 is 2.15 bits per heavy atom. The van der Waals surface area contributed by atoms with Crippen molar-refractivity contribution in [3.63, 3.8) is 0 Å². The van der Waals surface area contributed by atoms with E-state index < -0.39 is 65.1 Å². The molecule has 0 radical (unpaired) electrons. The van der Waals surface area contributed by atoms with Gasteiger partial charge in [-0.15, -0.1) is 0 Å². The fraction of sp³-hybridized carbons (Fsp3) is 0.706. The maximum atomic E-state index is 14.3. The van der Waals surface area contributed by atoms with E-state index in [1.54, 1.807) is 20.8 Å². The number of rotatable bonds is 14. The van der Waals surface area contributed by atoms with Gasteiger partial charge >= 0.3 is 12.0 Å². The normalized spacial score (nSPS) is 20.2. The fourth-order valence-corrected chi connectivity index (χ4v) is 6.68. The van der Waals surface area contributed by atoms with E-state index >= 15 is 0 Å². The van der Waals surface area contributed by atoms with Crippen LogP contribution in [0.3, 0.4) is 0 Å². The standard InChI is InChI=1S/C34H53N5O7S/c1-19(2)22-11-13-39(25(22)29(42)36-23(15-20-9-10-20)26(40)28(35)41)30(43)27(34(6,7)8)38-32(45)37-24(16-33(3,4)5)31(44)46-17-21-12-14-47-18-21/h12,14,18-20,22-25,27H,9-11,13,15-17H2,1-8H3,(H2,35,41)(H,36,42)(H2,37,38,45)/t22-,23?,24+,25+,27-/m1/s1. The number of primary amides is 1. The van der Waals surface area contributed by atoms with Gasteiger partial charge < -0.3 is 31.3 Å². The van der Waals surface area contributed by atoms with E-state index in [4.69, 9.17) is 10.5 Å². The molecular weight excluding hydrogens is 622 g/mol. The molecule has 5 amide bonds. The van der Waals surface area contributed by atoms with Crippen LogP contribution in [-0.4, -0.2) is 71.1 Å². The Morgan fingerprint density at radius 1 is 0.979 bits per heavy atom. The van der Waals surface area contributed by atoms with Crippen LogP contribution in [0.2, 0.25) is 0 Å². The van der Waals surface area contributed by atoms with Crippen molar-refractivity contribution in [1.82, 2.24) is 20.9 Å². The maximum Gasteiger partial charge on any atom is 0.329 e. The van der Waals surface area contributed by atoms with Gasteiger partial charge in [0, 0.05) is 12.1 Å². The Kier molecular flexibility index (Phi) is 12.6. The third kappa shape index (κ3) is 11.0. The quantitative estimate of drug-likeness (QED) is 0.172. The van der Waals surface area contributed by atoms with Crippen molar-refractivity contribution >= 4 is 46.8 Å². The molecule has 1 aliphatic heterocycles. The Balaban J connectivity index is 1.80. The molecule has 0 bridgehead atoms. The van der Waals surface area contributed by atoms with Crippen molar-refractivity contribution in [2.24, 2.45) is 34.3 Å². The molecule has 13 heteroatoms. The number of urea groups is 1. The van der Waals surface area contributed by atoms with E-state index in [-0.39, 0.29) is 36.3 Å². The molecule has 3 rings (SSSR count).